The van der Waals surface area contributed by atoms with Crippen molar-refractivity contribution in [3.8, 4) is 0 Å². The van der Waals surface area contributed by atoms with Gasteiger partial charge in [-0.2, -0.15) is 13.2 Å². The zero-order valence-corrected chi connectivity index (χ0v) is 15.9. The number of nitrogens with zero attached hydrogens (tertiary/aromatic N) is 1. The lowest BCUT2D eigenvalue weighted by molar-refractivity contribution is -0.140. The minimum absolute atomic E-state index is 0. The predicted octanol–water partition coefficient (Wildman–Crippen LogP) is 4.06. The zero-order chi connectivity index (χ0) is 17.2. The van der Waals surface area contributed by atoms with E-state index >= 15 is 0 Å². The number of alkyl halides is 3. The Bertz CT molecular complexity index is 544. The van der Waals surface area contributed by atoms with Crippen LogP contribution in [0.15, 0.2) is 18.2 Å². The Morgan fingerprint density at radius 2 is 1.69 bits per heavy atom. The molecule has 0 spiro atoms. The summed E-state index contributed by atoms with van der Waals surface area (Å²) in [7, 11) is 0. The van der Waals surface area contributed by atoms with E-state index < -0.39 is 17.6 Å². The Morgan fingerprint density at radius 3 is 2.27 bits per heavy atom. The van der Waals surface area contributed by atoms with Gasteiger partial charge in [-0.05, 0) is 36.5 Å². The van der Waals surface area contributed by atoms with Gasteiger partial charge in [0.1, 0.15) is 5.82 Å². The average molecular weight is 419 g/mol. The Balaban J connectivity index is 0.00000169. The molecule has 26 heavy (non-hydrogen) atoms. The molecule has 3 rings (SSSR count). The second-order valence-electron chi connectivity index (χ2n) is 6.42. The Labute approximate surface area is 163 Å². The summed E-state index contributed by atoms with van der Waals surface area (Å²) in [6, 6.07) is 3.33. The smallest absolute Gasteiger partial charge is 0.381 e. The molecule has 0 radical (unpaired) electrons. The van der Waals surface area contributed by atoms with Crippen molar-refractivity contribution in [2.45, 2.75) is 25.1 Å². The normalized spacial score (nSPS) is 20.8. The molecule has 2 aliphatic rings. The first-order chi connectivity index (χ1) is 11.5. The van der Waals surface area contributed by atoms with Crippen molar-refractivity contribution in [1.29, 1.82) is 0 Å². The largest absolute Gasteiger partial charge is 0.419 e. The summed E-state index contributed by atoms with van der Waals surface area (Å²) in [6.45, 7) is 4.43. The number of nitrogens with one attached hydrogen (secondary N) is 1. The van der Waals surface area contributed by atoms with Gasteiger partial charge in [0.05, 0.1) is 5.56 Å². The lowest BCUT2D eigenvalue weighted by Gasteiger charge is -2.41. The van der Waals surface area contributed by atoms with Gasteiger partial charge in [-0.3, -0.25) is 4.90 Å². The summed E-state index contributed by atoms with van der Waals surface area (Å²) in [4.78, 5) is 2.22. The van der Waals surface area contributed by atoms with E-state index in [2.05, 4.69) is 10.2 Å². The molecule has 1 N–H and O–H groups in total. The topological polar surface area (TPSA) is 24.5 Å². The lowest BCUT2D eigenvalue weighted by Crippen LogP contribution is -2.47. The third-order valence-corrected chi connectivity index (χ3v) is 4.89. The number of hydrogen-bond donors (Lipinski definition) is 1. The molecule has 0 saturated carbocycles. The fourth-order valence-electron chi connectivity index (χ4n) is 3.72. The van der Waals surface area contributed by atoms with Crippen molar-refractivity contribution in [2.24, 2.45) is 5.92 Å². The minimum Gasteiger partial charge on any atom is -0.381 e. The number of piperazine rings is 1. The third kappa shape index (κ3) is 5.45. The monoisotopic (exact) mass is 418 g/mol. The fraction of sp³-hybridized carbons (Fsp3) is 0.647. The molecule has 1 atom stereocenters. The zero-order valence-electron chi connectivity index (χ0n) is 14.2. The highest BCUT2D eigenvalue weighted by atomic mass is 35.5. The van der Waals surface area contributed by atoms with Gasteiger partial charge in [0.15, 0.2) is 0 Å². The summed E-state index contributed by atoms with van der Waals surface area (Å²) in [6.07, 6.45) is -3.05. The maximum atomic E-state index is 13.6. The van der Waals surface area contributed by atoms with Crippen LogP contribution in [0.25, 0.3) is 0 Å². The van der Waals surface area contributed by atoms with Gasteiger partial charge in [0.2, 0.25) is 0 Å². The van der Waals surface area contributed by atoms with Crippen LogP contribution >= 0.6 is 24.8 Å². The second kappa shape index (κ2) is 10.1. The number of rotatable bonds is 3. The number of ether oxygens (including phenoxy) is 1. The van der Waals surface area contributed by atoms with E-state index in [1.807, 2.05) is 0 Å². The summed E-state index contributed by atoms with van der Waals surface area (Å²) >= 11 is 0. The van der Waals surface area contributed by atoms with Crippen LogP contribution in [0, 0.1) is 11.7 Å². The summed E-state index contributed by atoms with van der Waals surface area (Å²) < 4.78 is 58.3. The van der Waals surface area contributed by atoms with Crippen molar-refractivity contribution in [3.63, 3.8) is 0 Å². The molecule has 0 aromatic heterocycles. The van der Waals surface area contributed by atoms with Crippen molar-refractivity contribution >= 4 is 24.8 Å². The highest BCUT2D eigenvalue weighted by molar-refractivity contribution is 5.85. The van der Waals surface area contributed by atoms with E-state index in [0.717, 1.165) is 51.2 Å². The van der Waals surface area contributed by atoms with Gasteiger partial charge < -0.3 is 10.1 Å². The van der Waals surface area contributed by atoms with E-state index in [-0.39, 0.29) is 36.8 Å². The van der Waals surface area contributed by atoms with E-state index in [1.54, 1.807) is 0 Å². The van der Waals surface area contributed by atoms with Crippen LogP contribution in [0.3, 0.4) is 0 Å². The molecule has 1 aromatic rings. The molecule has 0 unspecified atom stereocenters. The Kier molecular flexibility index (Phi) is 9.09. The van der Waals surface area contributed by atoms with Crippen molar-refractivity contribution in [2.75, 3.05) is 39.4 Å². The summed E-state index contributed by atoms with van der Waals surface area (Å²) in [5.41, 5.74) is -0.621. The van der Waals surface area contributed by atoms with E-state index in [9.17, 15) is 17.6 Å². The first-order valence-electron chi connectivity index (χ1n) is 8.36. The number of halogens is 6. The fourth-order valence-corrected chi connectivity index (χ4v) is 3.72. The summed E-state index contributed by atoms with van der Waals surface area (Å²) in [5.74, 6) is -0.985. The third-order valence-electron chi connectivity index (χ3n) is 4.89. The molecule has 0 aliphatic carbocycles. The second-order valence-corrected chi connectivity index (χ2v) is 6.42. The molecule has 2 heterocycles. The molecular weight excluding hydrogens is 395 g/mol. The van der Waals surface area contributed by atoms with Crippen LogP contribution in [-0.2, 0) is 10.9 Å². The van der Waals surface area contributed by atoms with Crippen LogP contribution < -0.4 is 5.32 Å². The molecule has 1 aromatic carbocycles. The number of benzene rings is 1. The van der Waals surface area contributed by atoms with Crippen molar-refractivity contribution < 1.29 is 22.3 Å². The average Bonchev–Trinajstić information content (AvgIpc) is 2.57. The molecule has 150 valence electrons. The van der Waals surface area contributed by atoms with Crippen molar-refractivity contribution in [1.82, 2.24) is 10.2 Å². The maximum Gasteiger partial charge on any atom is 0.419 e. The summed E-state index contributed by atoms with van der Waals surface area (Å²) in [5, 5.41) is 3.26. The van der Waals surface area contributed by atoms with Crippen molar-refractivity contribution in [3.05, 3.63) is 35.1 Å². The van der Waals surface area contributed by atoms with Crippen LogP contribution in [-0.4, -0.2) is 44.3 Å². The highest BCUT2D eigenvalue weighted by Gasteiger charge is 2.37. The lowest BCUT2D eigenvalue weighted by atomic mass is 9.85. The molecule has 2 aliphatic heterocycles. The van der Waals surface area contributed by atoms with Gasteiger partial charge in [-0.25, -0.2) is 4.39 Å². The Hall–Kier alpha value is -0.600. The maximum absolute atomic E-state index is 13.6. The van der Waals surface area contributed by atoms with E-state index in [0.29, 0.717) is 18.8 Å². The quantitative estimate of drug-likeness (QED) is 0.748. The molecule has 9 heteroatoms. The van der Waals surface area contributed by atoms with Crippen LogP contribution in [0.2, 0.25) is 0 Å². The van der Waals surface area contributed by atoms with E-state index in [1.165, 1.54) is 6.07 Å². The number of hydrogen-bond acceptors (Lipinski definition) is 3. The first-order valence-corrected chi connectivity index (χ1v) is 8.36. The van der Waals surface area contributed by atoms with Gasteiger partial charge in [-0.1, -0.05) is 6.07 Å². The predicted molar refractivity (Wildman–Crippen MR) is 96.6 cm³/mol. The molecule has 2 saturated heterocycles. The van der Waals surface area contributed by atoms with Gasteiger partial charge in [0.25, 0.3) is 0 Å². The Morgan fingerprint density at radius 1 is 1.08 bits per heavy atom. The highest BCUT2D eigenvalue weighted by Crippen LogP contribution is 2.39. The van der Waals surface area contributed by atoms with Crippen LogP contribution in [0.5, 0.6) is 0 Å². The standard InChI is InChI=1S/C17H22F4N2O.2ClH/c18-15-2-1-13(11-14(15)17(19,20)21)16(12-3-9-24-10-4-12)23-7-5-22-6-8-23;;/h1-2,11-12,16,22H,3-10H2;2*1H/t16-;;/m1../s1. The van der Waals surface area contributed by atoms with Gasteiger partial charge in [-0.15, -0.1) is 24.8 Å². The van der Waals surface area contributed by atoms with Crippen LogP contribution in [0.1, 0.15) is 30.0 Å². The minimum atomic E-state index is -4.68. The molecule has 2 fully saturated rings. The first kappa shape index (κ1) is 23.4. The molecular formula is C17H24Cl2F4N2O. The van der Waals surface area contributed by atoms with E-state index in [4.69, 9.17) is 4.74 Å². The SMILES string of the molecule is Cl.Cl.Fc1ccc([C@@H](C2CCOCC2)N2CCNCC2)cc1C(F)(F)F. The molecule has 0 bridgehead atoms. The van der Waals surface area contributed by atoms with Crippen LogP contribution in [0.4, 0.5) is 17.6 Å². The molecule has 3 nitrogen and oxygen atoms in total. The van der Waals surface area contributed by atoms with Gasteiger partial charge in [0, 0.05) is 45.4 Å². The molecule has 0 amide bonds. The van der Waals surface area contributed by atoms with Gasteiger partial charge >= 0.3 is 6.18 Å².